The van der Waals surface area contributed by atoms with Crippen LogP contribution in [0, 0.1) is 5.92 Å². The Morgan fingerprint density at radius 2 is 1.82 bits per heavy atom. The molecule has 0 aliphatic rings. The van der Waals surface area contributed by atoms with Crippen LogP contribution in [-0.4, -0.2) is 59.4 Å². The lowest BCUT2D eigenvalue weighted by atomic mass is 9.99. The average Bonchev–Trinajstić information content (AvgIpc) is 2.86. The number of nitrogens with zero attached hydrogens (tertiary/aromatic N) is 1. The fraction of sp³-hybridized carbons (Fsp3) is 0.320. The quantitative estimate of drug-likeness (QED) is 0.264. The van der Waals surface area contributed by atoms with Gasteiger partial charge >= 0.3 is 12.0 Å². The molecular weight excluding hydrogens is 518 g/mol. The maximum atomic E-state index is 13.2. The Morgan fingerprint density at radius 1 is 1.13 bits per heavy atom. The summed E-state index contributed by atoms with van der Waals surface area (Å²) in [6.45, 7) is 2.47. The number of benzene rings is 2. The third kappa shape index (κ3) is 7.84. The van der Waals surface area contributed by atoms with Crippen molar-refractivity contribution < 1.29 is 33.8 Å². The Labute approximate surface area is 224 Å². The first-order valence-corrected chi connectivity index (χ1v) is 11.9. The van der Waals surface area contributed by atoms with Crippen LogP contribution in [0.1, 0.15) is 36.2 Å². The van der Waals surface area contributed by atoms with Gasteiger partial charge in [-0.05, 0) is 54.8 Å². The number of amides is 5. The predicted molar refractivity (Wildman–Crippen MR) is 141 cm³/mol. The summed E-state index contributed by atoms with van der Waals surface area (Å²) in [7, 11) is 1.47. The second-order valence-electron chi connectivity index (χ2n) is 8.46. The summed E-state index contributed by atoms with van der Waals surface area (Å²) in [5.74, 6) is -3.87. The zero-order valence-electron chi connectivity index (χ0n) is 21.1. The number of urea groups is 1. The Morgan fingerprint density at radius 3 is 2.39 bits per heavy atom. The van der Waals surface area contributed by atoms with Gasteiger partial charge < -0.3 is 31.9 Å². The number of anilines is 2. The molecule has 0 aliphatic carbocycles. The summed E-state index contributed by atoms with van der Waals surface area (Å²) in [5.41, 5.74) is 11.5. The Hall–Kier alpha value is -4.32. The van der Waals surface area contributed by atoms with Crippen LogP contribution in [0.4, 0.5) is 16.2 Å². The van der Waals surface area contributed by atoms with Gasteiger partial charge in [-0.25, -0.2) is 9.59 Å². The Bertz CT molecular complexity index is 1240. The third-order valence-electron chi connectivity index (χ3n) is 5.59. The maximum Gasteiger partial charge on any atom is 0.337 e. The summed E-state index contributed by atoms with van der Waals surface area (Å²) < 4.78 is 5.30. The zero-order chi connectivity index (χ0) is 28.6. The number of nitrogen functional groups attached to an aromatic ring is 1. The maximum absolute atomic E-state index is 13.2. The van der Waals surface area contributed by atoms with Gasteiger partial charge in [-0.2, -0.15) is 0 Å². The molecule has 5 amide bonds. The van der Waals surface area contributed by atoms with Crippen molar-refractivity contribution in [2.75, 3.05) is 24.7 Å². The molecule has 2 aromatic rings. The van der Waals surface area contributed by atoms with Crippen LogP contribution in [0.2, 0.25) is 5.02 Å². The molecule has 0 spiro atoms. The number of imide groups is 1. The number of carbonyl (C=O) groups is 5. The van der Waals surface area contributed by atoms with Gasteiger partial charge in [0.05, 0.1) is 12.7 Å². The molecule has 0 aliphatic heterocycles. The molecule has 204 valence electrons. The van der Waals surface area contributed by atoms with E-state index in [1.54, 1.807) is 32.0 Å². The van der Waals surface area contributed by atoms with Crippen molar-refractivity contribution in [1.29, 1.82) is 0 Å². The number of carboxylic acids is 1. The van der Waals surface area contributed by atoms with Gasteiger partial charge in [0.25, 0.3) is 0 Å². The summed E-state index contributed by atoms with van der Waals surface area (Å²) in [6, 6.07) is 6.69. The highest BCUT2D eigenvalue weighted by Gasteiger charge is 2.31. The Kier molecular flexibility index (Phi) is 10.5. The van der Waals surface area contributed by atoms with Crippen LogP contribution < -0.4 is 26.8 Å². The van der Waals surface area contributed by atoms with E-state index in [4.69, 9.17) is 27.8 Å². The second kappa shape index (κ2) is 13.3. The van der Waals surface area contributed by atoms with E-state index in [1.807, 2.05) is 0 Å². The van der Waals surface area contributed by atoms with Crippen LogP contribution in [0.5, 0.6) is 5.75 Å². The lowest BCUT2D eigenvalue weighted by Gasteiger charge is -2.26. The van der Waals surface area contributed by atoms with E-state index in [-0.39, 0.29) is 29.8 Å². The Balaban J connectivity index is 2.19. The molecule has 0 saturated heterocycles. The lowest BCUT2D eigenvalue weighted by molar-refractivity contribution is -0.135. The zero-order valence-corrected chi connectivity index (χ0v) is 21.9. The monoisotopic (exact) mass is 547 g/mol. The number of hydrogen-bond acceptors (Lipinski definition) is 7. The highest BCUT2D eigenvalue weighted by molar-refractivity contribution is 6.30. The molecule has 0 heterocycles. The number of rotatable bonds is 11. The van der Waals surface area contributed by atoms with Gasteiger partial charge in [0.2, 0.25) is 17.7 Å². The molecular formula is C25H30ClN5O7. The fourth-order valence-corrected chi connectivity index (χ4v) is 3.82. The van der Waals surface area contributed by atoms with Crippen LogP contribution >= 0.6 is 11.6 Å². The van der Waals surface area contributed by atoms with E-state index in [2.05, 4.69) is 10.6 Å². The van der Waals surface area contributed by atoms with Crippen LogP contribution in [-0.2, 0) is 20.8 Å². The van der Waals surface area contributed by atoms with Crippen molar-refractivity contribution in [3.8, 4) is 5.75 Å². The van der Waals surface area contributed by atoms with Crippen molar-refractivity contribution in [2.45, 2.75) is 32.7 Å². The molecule has 0 saturated carbocycles. The number of nitrogens with two attached hydrogens (primary N) is 2. The van der Waals surface area contributed by atoms with Crippen molar-refractivity contribution >= 4 is 52.7 Å². The van der Waals surface area contributed by atoms with Crippen molar-refractivity contribution in [3.05, 3.63) is 52.5 Å². The molecule has 2 unspecified atom stereocenters. The fourth-order valence-electron chi connectivity index (χ4n) is 3.62. The number of halogens is 1. The van der Waals surface area contributed by atoms with Gasteiger partial charge in [-0.1, -0.05) is 25.4 Å². The first-order valence-electron chi connectivity index (χ1n) is 11.5. The minimum absolute atomic E-state index is 0.0148. The molecule has 0 bridgehead atoms. The standard InChI is InChI=1S/C25H30ClN5O7/c1-4-19(22(33)29-16-6-7-18(27)17(11-16)24(35)36)30-25(37)31(12-21(28)32)23(34)13(2)9-14-10-15(26)5-8-20(14)38-3/h5-8,10-11,13,19H,4,9,12,27H2,1-3H3,(H2,28,32)(H,29,33)(H,30,37)(H,35,36). The van der Waals surface area contributed by atoms with E-state index in [1.165, 1.54) is 25.3 Å². The number of aromatic carboxylic acids is 1. The van der Waals surface area contributed by atoms with Crippen molar-refractivity contribution in [2.24, 2.45) is 11.7 Å². The van der Waals surface area contributed by atoms with Gasteiger partial charge in [-0.15, -0.1) is 0 Å². The average molecular weight is 548 g/mol. The molecule has 0 fully saturated rings. The molecule has 2 aromatic carbocycles. The molecule has 2 rings (SSSR count). The summed E-state index contributed by atoms with van der Waals surface area (Å²) in [5, 5.41) is 14.6. The van der Waals surface area contributed by atoms with E-state index < -0.39 is 48.2 Å². The predicted octanol–water partition coefficient (Wildman–Crippen LogP) is 2.25. The van der Waals surface area contributed by atoms with Crippen molar-refractivity contribution in [1.82, 2.24) is 10.2 Å². The van der Waals surface area contributed by atoms with Crippen molar-refractivity contribution in [3.63, 3.8) is 0 Å². The van der Waals surface area contributed by atoms with Gasteiger partial charge in [-0.3, -0.25) is 19.3 Å². The largest absolute Gasteiger partial charge is 0.496 e. The molecule has 38 heavy (non-hydrogen) atoms. The van der Waals surface area contributed by atoms with E-state index in [9.17, 15) is 29.1 Å². The lowest BCUT2D eigenvalue weighted by Crippen LogP contribution is -2.54. The number of nitrogens with one attached hydrogen (secondary N) is 2. The first kappa shape index (κ1) is 29.9. The highest BCUT2D eigenvalue weighted by Crippen LogP contribution is 2.26. The number of carboxylic acid groups (broad SMARTS) is 1. The summed E-state index contributed by atoms with van der Waals surface area (Å²) in [6.07, 6.45) is 0.262. The number of methoxy groups -OCH3 is 1. The molecule has 7 N–H and O–H groups in total. The number of primary amides is 1. The normalized spacial score (nSPS) is 12.1. The minimum atomic E-state index is -1.27. The smallest absolute Gasteiger partial charge is 0.337 e. The van der Waals surface area contributed by atoms with E-state index >= 15 is 0 Å². The van der Waals surface area contributed by atoms with E-state index in [0.29, 0.717) is 21.2 Å². The number of hydrogen-bond donors (Lipinski definition) is 5. The number of ether oxygens (including phenoxy) is 1. The minimum Gasteiger partial charge on any atom is -0.496 e. The molecule has 0 radical (unpaired) electrons. The summed E-state index contributed by atoms with van der Waals surface area (Å²) >= 11 is 6.06. The molecule has 0 aromatic heterocycles. The van der Waals surface area contributed by atoms with Gasteiger partial charge in [0.1, 0.15) is 18.3 Å². The molecule has 2 atom stereocenters. The highest BCUT2D eigenvalue weighted by atomic mass is 35.5. The third-order valence-corrected chi connectivity index (χ3v) is 5.82. The van der Waals surface area contributed by atoms with Crippen LogP contribution in [0.25, 0.3) is 0 Å². The SMILES string of the molecule is CCC(NC(=O)N(CC(N)=O)C(=O)C(C)Cc1cc(Cl)ccc1OC)C(=O)Nc1ccc(N)c(C(=O)O)c1. The van der Waals surface area contributed by atoms with Gasteiger partial charge in [0.15, 0.2) is 0 Å². The van der Waals surface area contributed by atoms with E-state index in [0.717, 1.165) is 0 Å². The topological polar surface area (TPSA) is 194 Å². The summed E-state index contributed by atoms with van der Waals surface area (Å²) in [4.78, 5) is 62.6. The number of carbonyl (C=O) groups excluding carboxylic acids is 4. The van der Waals surface area contributed by atoms with Crippen LogP contribution in [0.3, 0.4) is 0 Å². The molecule has 12 nitrogen and oxygen atoms in total. The molecule has 13 heteroatoms. The van der Waals surface area contributed by atoms with Crippen LogP contribution in [0.15, 0.2) is 36.4 Å². The van der Waals surface area contributed by atoms with Gasteiger partial charge in [0, 0.05) is 22.3 Å². The second-order valence-corrected chi connectivity index (χ2v) is 8.90. The first-order chi connectivity index (χ1) is 17.9.